The first-order chi connectivity index (χ1) is 8.59. The van der Waals surface area contributed by atoms with Gasteiger partial charge in [-0.3, -0.25) is 4.79 Å². The number of para-hydroxylation sites is 1. The topological polar surface area (TPSA) is 20.3 Å². The quantitative estimate of drug-likeness (QED) is 0.661. The molecule has 18 heavy (non-hydrogen) atoms. The first-order valence-corrected chi connectivity index (χ1v) is 7.21. The molecule has 0 atom stereocenters. The van der Waals surface area contributed by atoms with E-state index in [4.69, 9.17) is 0 Å². The Morgan fingerprint density at radius 1 is 1.11 bits per heavy atom. The van der Waals surface area contributed by atoms with Crippen molar-refractivity contribution >= 4 is 23.4 Å². The molecule has 1 amide bonds. The Labute approximate surface area is 113 Å². The zero-order valence-electron chi connectivity index (χ0n) is 11.2. The minimum absolute atomic E-state index is 0.192. The number of thioether (sulfide) groups is 1. The van der Waals surface area contributed by atoms with Crippen LogP contribution in [0.1, 0.15) is 26.7 Å². The second-order valence-corrected chi connectivity index (χ2v) is 5.79. The monoisotopic (exact) mass is 261 g/mol. The molecule has 0 spiro atoms. The fraction of sp³-hybridized carbons (Fsp3) is 0.400. The van der Waals surface area contributed by atoms with E-state index < -0.39 is 0 Å². The van der Waals surface area contributed by atoms with Gasteiger partial charge in [0.1, 0.15) is 0 Å². The van der Waals surface area contributed by atoms with Gasteiger partial charge in [0, 0.05) is 24.1 Å². The van der Waals surface area contributed by atoms with Crippen molar-refractivity contribution in [2.75, 3.05) is 17.7 Å². The van der Waals surface area contributed by atoms with Gasteiger partial charge in [-0.05, 0) is 32.4 Å². The molecule has 0 fully saturated rings. The normalized spacial score (nSPS) is 17.7. The van der Waals surface area contributed by atoms with Crippen molar-refractivity contribution in [1.82, 2.24) is 0 Å². The van der Waals surface area contributed by atoms with Crippen LogP contribution in [-0.4, -0.2) is 18.7 Å². The summed E-state index contributed by atoms with van der Waals surface area (Å²) in [5.74, 6) is 1.20. The zero-order valence-corrected chi connectivity index (χ0v) is 12.0. The number of amides is 1. The molecular weight excluding hydrogens is 242 g/mol. The summed E-state index contributed by atoms with van der Waals surface area (Å²) in [6, 6.07) is 8.13. The van der Waals surface area contributed by atoms with Crippen LogP contribution in [-0.2, 0) is 4.79 Å². The Morgan fingerprint density at radius 2 is 1.83 bits per heavy atom. The largest absolute Gasteiger partial charge is 0.314 e. The van der Waals surface area contributed by atoms with Gasteiger partial charge >= 0.3 is 0 Å². The van der Waals surface area contributed by atoms with Crippen molar-refractivity contribution in [3.8, 4) is 0 Å². The Kier molecular flexibility index (Phi) is 4.12. The second kappa shape index (κ2) is 5.61. The van der Waals surface area contributed by atoms with E-state index in [1.165, 1.54) is 16.0 Å². The summed E-state index contributed by atoms with van der Waals surface area (Å²) >= 11 is 1.81. The number of hydrogen-bond acceptors (Lipinski definition) is 2. The van der Waals surface area contributed by atoms with Crippen molar-refractivity contribution < 1.29 is 4.79 Å². The summed E-state index contributed by atoms with van der Waals surface area (Å²) in [6.45, 7) is 4.30. The molecule has 0 aliphatic carbocycles. The van der Waals surface area contributed by atoms with Crippen molar-refractivity contribution in [2.24, 2.45) is 0 Å². The van der Waals surface area contributed by atoms with E-state index in [-0.39, 0.29) is 5.91 Å². The lowest BCUT2D eigenvalue weighted by Crippen LogP contribution is -2.26. The van der Waals surface area contributed by atoms with Crippen LogP contribution in [0, 0.1) is 0 Å². The third-order valence-electron chi connectivity index (χ3n) is 3.49. The van der Waals surface area contributed by atoms with E-state index in [0.717, 1.165) is 17.9 Å². The molecule has 0 unspecified atom stereocenters. The van der Waals surface area contributed by atoms with Gasteiger partial charge in [0.15, 0.2) is 0 Å². The SMILES string of the molecule is CC1=C(C)CSc2ccccc2N(C)C(=O)CC1. The van der Waals surface area contributed by atoms with Gasteiger partial charge in [0.05, 0.1) is 5.69 Å². The van der Waals surface area contributed by atoms with Crippen LogP contribution in [0.2, 0.25) is 0 Å². The molecular formula is C15H19NOS. The van der Waals surface area contributed by atoms with Crippen LogP contribution in [0.3, 0.4) is 0 Å². The zero-order chi connectivity index (χ0) is 13.1. The fourth-order valence-electron chi connectivity index (χ4n) is 1.98. The molecule has 2 rings (SSSR count). The standard InChI is InChI=1S/C15H19NOS/c1-11-8-9-15(17)16(3)13-6-4-5-7-14(13)18-10-12(11)2/h4-7H,8-10H2,1-3H3. The van der Waals surface area contributed by atoms with Crippen LogP contribution in [0.4, 0.5) is 5.69 Å². The number of fused-ring (bicyclic) bond motifs is 1. The van der Waals surface area contributed by atoms with Gasteiger partial charge in [-0.25, -0.2) is 0 Å². The highest BCUT2D eigenvalue weighted by molar-refractivity contribution is 7.99. The first kappa shape index (κ1) is 13.2. The number of benzene rings is 1. The molecule has 96 valence electrons. The molecule has 2 nitrogen and oxygen atoms in total. The minimum Gasteiger partial charge on any atom is -0.314 e. The summed E-state index contributed by atoms with van der Waals surface area (Å²) < 4.78 is 0. The third-order valence-corrected chi connectivity index (χ3v) is 4.72. The van der Waals surface area contributed by atoms with Gasteiger partial charge in [0.25, 0.3) is 0 Å². The van der Waals surface area contributed by atoms with E-state index in [1.54, 1.807) is 4.90 Å². The smallest absolute Gasteiger partial charge is 0.227 e. The van der Waals surface area contributed by atoms with Gasteiger partial charge < -0.3 is 4.90 Å². The number of carbonyl (C=O) groups excluding carboxylic acids is 1. The lowest BCUT2D eigenvalue weighted by atomic mass is 10.1. The molecule has 0 radical (unpaired) electrons. The van der Waals surface area contributed by atoms with Crippen molar-refractivity contribution in [1.29, 1.82) is 0 Å². The number of anilines is 1. The molecule has 1 aliphatic heterocycles. The van der Waals surface area contributed by atoms with Crippen LogP contribution in [0.5, 0.6) is 0 Å². The highest BCUT2D eigenvalue weighted by atomic mass is 32.2. The number of allylic oxidation sites excluding steroid dienone is 1. The maximum Gasteiger partial charge on any atom is 0.227 e. The van der Waals surface area contributed by atoms with Crippen LogP contribution in [0.25, 0.3) is 0 Å². The molecule has 1 heterocycles. The van der Waals surface area contributed by atoms with Crippen LogP contribution >= 0.6 is 11.8 Å². The molecule has 0 bridgehead atoms. The van der Waals surface area contributed by atoms with Gasteiger partial charge in [-0.1, -0.05) is 23.3 Å². The number of carbonyl (C=O) groups is 1. The van der Waals surface area contributed by atoms with Crippen molar-refractivity contribution in [3.05, 3.63) is 35.4 Å². The third kappa shape index (κ3) is 2.78. The molecule has 0 N–H and O–H groups in total. The van der Waals surface area contributed by atoms with E-state index in [9.17, 15) is 4.79 Å². The number of rotatable bonds is 0. The molecule has 1 aromatic carbocycles. The van der Waals surface area contributed by atoms with Gasteiger partial charge in [-0.15, -0.1) is 11.8 Å². The van der Waals surface area contributed by atoms with Gasteiger partial charge in [-0.2, -0.15) is 0 Å². The summed E-state index contributed by atoms with van der Waals surface area (Å²) in [5.41, 5.74) is 3.77. The number of nitrogens with zero attached hydrogens (tertiary/aromatic N) is 1. The summed E-state index contributed by atoms with van der Waals surface area (Å²) in [4.78, 5) is 15.1. The second-order valence-electron chi connectivity index (χ2n) is 4.77. The summed E-state index contributed by atoms with van der Waals surface area (Å²) in [7, 11) is 1.87. The molecule has 1 aromatic rings. The molecule has 3 heteroatoms. The Hall–Kier alpha value is -1.22. The van der Waals surface area contributed by atoms with Crippen LogP contribution in [0.15, 0.2) is 40.3 Å². The van der Waals surface area contributed by atoms with E-state index in [1.807, 2.05) is 37.0 Å². The predicted molar refractivity (Wildman–Crippen MR) is 78.2 cm³/mol. The Morgan fingerprint density at radius 3 is 2.61 bits per heavy atom. The van der Waals surface area contributed by atoms with E-state index in [0.29, 0.717) is 6.42 Å². The highest BCUT2D eigenvalue weighted by Gasteiger charge is 2.16. The Bertz CT molecular complexity index is 493. The lowest BCUT2D eigenvalue weighted by molar-refractivity contribution is -0.118. The summed E-state index contributed by atoms with van der Waals surface area (Å²) in [6.07, 6.45) is 1.47. The Balaban J connectivity index is 2.39. The highest BCUT2D eigenvalue weighted by Crippen LogP contribution is 2.33. The lowest BCUT2D eigenvalue weighted by Gasteiger charge is -2.22. The van der Waals surface area contributed by atoms with E-state index >= 15 is 0 Å². The maximum atomic E-state index is 12.1. The molecule has 0 saturated carbocycles. The van der Waals surface area contributed by atoms with Crippen molar-refractivity contribution in [2.45, 2.75) is 31.6 Å². The average Bonchev–Trinajstić information content (AvgIpc) is 2.40. The minimum atomic E-state index is 0.192. The van der Waals surface area contributed by atoms with Crippen LogP contribution < -0.4 is 4.90 Å². The fourth-order valence-corrected chi connectivity index (χ4v) is 3.12. The van der Waals surface area contributed by atoms with Crippen molar-refractivity contribution in [3.63, 3.8) is 0 Å². The number of hydrogen-bond donors (Lipinski definition) is 0. The average molecular weight is 261 g/mol. The first-order valence-electron chi connectivity index (χ1n) is 6.23. The molecule has 0 saturated heterocycles. The maximum absolute atomic E-state index is 12.1. The summed E-state index contributed by atoms with van der Waals surface area (Å²) in [5, 5.41) is 0. The molecule has 1 aliphatic rings. The molecule has 0 aromatic heterocycles. The van der Waals surface area contributed by atoms with Gasteiger partial charge in [0.2, 0.25) is 5.91 Å². The van der Waals surface area contributed by atoms with E-state index in [2.05, 4.69) is 19.9 Å². The predicted octanol–water partition coefficient (Wildman–Crippen LogP) is 3.87.